The van der Waals surface area contributed by atoms with Crippen LogP contribution in [0.4, 0.5) is 0 Å². The minimum atomic E-state index is -0.803. The van der Waals surface area contributed by atoms with E-state index in [0.717, 1.165) is 19.3 Å². The van der Waals surface area contributed by atoms with E-state index in [1.807, 2.05) is 0 Å². The molecule has 2 aliphatic carbocycles. The Balaban J connectivity index is 1.86. The van der Waals surface area contributed by atoms with E-state index in [4.69, 9.17) is 10.8 Å². The van der Waals surface area contributed by atoms with Gasteiger partial charge in [0.15, 0.2) is 0 Å². The molecule has 0 aliphatic heterocycles. The first kappa shape index (κ1) is 11.4. The first-order valence-corrected chi connectivity index (χ1v) is 5.76. The van der Waals surface area contributed by atoms with Crippen molar-refractivity contribution in [2.75, 3.05) is 13.1 Å². The van der Waals surface area contributed by atoms with E-state index in [2.05, 4.69) is 5.32 Å². The van der Waals surface area contributed by atoms with Crippen molar-refractivity contribution in [3.8, 4) is 0 Å². The van der Waals surface area contributed by atoms with Crippen molar-refractivity contribution in [3.05, 3.63) is 0 Å². The average Bonchev–Trinajstić information content (AvgIpc) is 2.94. The molecule has 5 nitrogen and oxygen atoms in total. The molecule has 2 rings (SSSR count). The molecule has 0 aromatic heterocycles. The van der Waals surface area contributed by atoms with Gasteiger partial charge in [-0.05, 0) is 25.7 Å². The van der Waals surface area contributed by atoms with Crippen LogP contribution in [0.1, 0.15) is 32.1 Å². The first-order valence-electron chi connectivity index (χ1n) is 5.76. The molecule has 0 unspecified atom stereocenters. The van der Waals surface area contributed by atoms with Crippen LogP contribution in [0, 0.1) is 10.8 Å². The molecule has 0 aromatic rings. The van der Waals surface area contributed by atoms with E-state index >= 15 is 0 Å². The molecule has 0 atom stereocenters. The fourth-order valence-corrected chi connectivity index (χ4v) is 2.18. The van der Waals surface area contributed by atoms with Crippen LogP contribution >= 0.6 is 0 Å². The molecule has 4 N–H and O–H groups in total. The topological polar surface area (TPSA) is 92.4 Å². The maximum absolute atomic E-state index is 11.9. The van der Waals surface area contributed by atoms with Crippen molar-refractivity contribution in [2.24, 2.45) is 16.6 Å². The molecule has 90 valence electrons. The van der Waals surface area contributed by atoms with E-state index in [9.17, 15) is 9.59 Å². The minimum absolute atomic E-state index is 0.0613. The number of aliphatic carboxylic acids is 1. The molecule has 0 heterocycles. The monoisotopic (exact) mass is 226 g/mol. The summed E-state index contributed by atoms with van der Waals surface area (Å²) in [5, 5.41) is 11.7. The summed E-state index contributed by atoms with van der Waals surface area (Å²) < 4.78 is 0. The van der Waals surface area contributed by atoms with Gasteiger partial charge in [-0.1, -0.05) is 6.42 Å². The van der Waals surface area contributed by atoms with Crippen LogP contribution in [-0.2, 0) is 9.59 Å². The summed E-state index contributed by atoms with van der Waals surface area (Å²) >= 11 is 0. The van der Waals surface area contributed by atoms with Crippen molar-refractivity contribution in [2.45, 2.75) is 32.1 Å². The number of nitrogens with two attached hydrogens (primary N) is 1. The van der Waals surface area contributed by atoms with E-state index in [1.54, 1.807) is 0 Å². The first-order chi connectivity index (χ1) is 7.55. The van der Waals surface area contributed by atoms with Crippen LogP contribution < -0.4 is 11.1 Å². The number of rotatable bonds is 5. The highest BCUT2D eigenvalue weighted by Gasteiger charge is 2.51. The van der Waals surface area contributed by atoms with Gasteiger partial charge in [0.2, 0.25) is 5.91 Å². The van der Waals surface area contributed by atoms with Crippen LogP contribution in [0.5, 0.6) is 0 Å². The lowest BCUT2D eigenvalue weighted by Crippen LogP contribution is -2.51. The third-order valence-electron chi connectivity index (χ3n) is 4.08. The highest BCUT2D eigenvalue weighted by Crippen LogP contribution is 2.46. The normalized spacial score (nSPS) is 24.3. The molecule has 0 bridgehead atoms. The Morgan fingerprint density at radius 1 is 1.19 bits per heavy atom. The predicted molar refractivity (Wildman–Crippen MR) is 57.7 cm³/mol. The number of nitrogens with one attached hydrogen (secondary N) is 1. The lowest BCUT2D eigenvalue weighted by atomic mass is 9.68. The van der Waals surface area contributed by atoms with Gasteiger partial charge in [-0.3, -0.25) is 9.59 Å². The van der Waals surface area contributed by atoms with Gasteiger partial charge in [0.1, 0.15) is 0 Å². The second kappa shape index (κ2) is 3.73. The van der Waals surface area contributed by atoms with E-state index < -0.39 is 16.8 Å². The van der Waals surface area contributed by atoms with Gasteiger partial charge >= 0.3 is 5.97 Å². The number of carboxylic acids is 1. The zero-order valence-electron chi connectivity index (χ0n) is 9.29. The van der Waals surface area contributed by atoms with Crippen LogP contribution in [0.2, 0.25) is 0 Å². The van der Waals surface area contributed by atoms with Gasteiger partial charge < -0.3 is 16.2 Å². The summed E-state index contributed by atoms with van der Waals surface area (Å²) in [4.78, 5) is 22.8. The third-order valence-corrected chi connectivity index (χ3v) is 4.08. The van der Waals surface area contributed by atoms with Gasteiger partial charge in [0.25, 0.3) is 0 Å². The van der Waals surface area contributed by atoms with Crippen molar-refractivity contribution in [1.29, 1.82) is 0 Å². The smallest absolute Gasteiger partial charge is 0.311 e. The van der Waals surface area contributed by atoms with Gasteiger partial charge in [-0.2, -0.15) is 0 Å². The average molecular weight is 226 g/mol. The SMILES string of the molecule is NCC1(C(=O)NCC2(C(=O)O)CC2)CCC1. The Bertz CT molecular complexity index is 314. The molecule has 0 saturated heterocycles. The summed E-state index contributed by atoms with van der Waals surface area (Å²) in [5.41, 5.74) is 4.51. The van der Waals surface area contributed by atoms with Crippen LogP contribution in [0.3, 0.4) is 0 Å². The standard InChI is InChI=1S/C11H18N2O3/c12-6-10(2-1-3-10)8(14)13-7-11(4-5-11)9(15)16/h1-7,12H2,(H,13,14)(H,15,16). The van der Waals surface area contributed by atoms with Crippen molar-refractivity contribution in [1.82, 2.24) is 5.32 Å². The summed E-state index contributed by atoms with van der Waals surface area (Å²) in [6.07, 6.45) is 4.02. The Kier molecular flexibility index (Phi) is 2.66. The van der Waals surface area contributed by atoms with E-state index in [0.29, 0.717) is 19.4 Å². The summed E-state index contributed by atoms with van der Waals surface area (Å²) in [7, 11) is 0. The summed E-state index contributed by atoms with van der Waals surface area (Å²) in [6, 6.07) is 0. The molecule has 5 heteroatoms. The molecule has 2 saturated carbocycles. The maximum atomic E-state index is 11.9. The number of amides is 1. The highest BCUT2D eigenvalue weighted by atomic mass is 16.4. The molecular weight excluding hydrogens is 208 g/mol. The van der Waals surface area contributed by atoms with Gasteiger partial charge in [-0.25, -0.2) is 0 Å². The van der Waals surface area contributed by atoms with Crippen molar-refractivity contribution >= 4 is 11.9 Å². The fourth-order valence-electron chi connectivity index (χ4n) is 2.18. The Morgan fingerprint density at radius 2 is 1.81 bits per heavy atom. The number of carbonyl (C=O) groups is 2. The number of hydrogen-bond donors (Lipinski definition) is 3. The molecule has 1 amide bonds. The molecule has 0 aromatic carbocycles. The lowest BCUT2D eigenvalue weighted by Gasteiger charge is -2.39. The number of carbonyl (C=O) groups excluding carboxylic acids is 1. The maximum Gasteiger partial charge on any atom is 0.311 e. The zero-order chi connectivity index (χ0) is 11.8. The molecular formula is C11H18N2O3. The van der Waals surface area contributed by atoms with Gasteiger partial charge in [-0.15, -0.1) is 0 Å². The lowest BCUT2D eigenvalue weighted by molar-refractivity contribution is -0.144. The number of hydrogen-bond acceptors (Lipinski definition) is 3. The summed E-state index contributed by atoms with van der Waals surface area (Å²) in [6.45, 7) is 0.613. The second-order valence-electron chi connectivity index (χ2n) is 5.11. The quantitative estimate of drug-likeness (QED) is 0.619. The van der Waals surface area contributed by atoms with E-state index in [1.165, 1.54) is 0 Å². The Labute approximate surface area is 94.4 Å². The molecule has 2 aliphatic rings. The van der Waals surface area contributed by atoms with Gasteiger partial charge in [0, 0.05) is 13.1 Å². The molecule has 2 fully saturated rings. The zero-order valence-corrected chi connectivity index (χ0v) is 9.29. The largest absolute Gasteiger partial charge is 0.481 e. The van der Waals surface area contributed by atoms with Gasteiger partial charge in [0.05, 0.1) is 10.8 Å². The predicted octanol–water partition coefficient (Wildman–Crippen LogP) is 0.0964. The van der Waals surface area contributed by atoms with Crippen LogP contribution in [0.15, 0.2) is 0 Å². The second-order valence-corrected chi connectivity index (χ2v) is 5.11. The van der Waals surface area contributed by atoms with Crippen molar-refractivity contribution in [3.63, 3.8) is 0 Å². The fraction of sp³-hybridized carbons (Fsp3) is 0.818. The van der Waals surface area contributed by atoms with Crippen LogP contribution in [0.25, 0.3) is 0 Å². The Hall–Kier alpha value is -1.10. The van der Waals surface area contributed by atoms with E-state index in [-0.39, 0.29) is 12.5 Å². The highest BCUT2D eigenvalue weighted by molar-refractivity contribution is 5.85. The minimum Gasteiger partial charge on any atom is -0.481 e. The number of carboxylic acid groups (broad SMARTS) is 1. The Morgan fingerprint density at radius 3 is 2.12 bits per heavy atom. The summed E-state index contributed by atoms with van der Waals surface area (Å²) in [5.74, 6) is -0.864. The molecule has 16 heavy (non-hydrogen) atoms. The molecule has 0 spiro atoms. The third kappa shape index (κ3) is 1.69. The van der Waals surface area contributed by atoms with Crippen molar-refractivity contribution < 1.29 is 14.7 Å². The molecule has 0 radical (unpaired) electrons. The van der Waals surface area contributed by atoms with Crippen LogP contribution in [-0.4, -0.2) is 30.1 Å².